The number of hydrogen-bond donors (Lipinski definition) is 1. The molecule has 20 heavy (non-hydrogen) atoms. The molecule has 0 bridgehead atoms. The second-order valence-corrected chi connectivity index (χ2v) is 7.56. The monoisotopic (exact) mass is 297 g/mol. The SMILES string of the molecule is CNCc1sc(N2CCCC(OC)C2)nc1C(C)(C)C. The Morgan fingerprint density at radius 2 is 2.20 bits per heavy atom. The molecule has 5 heteroatoms. The molecule has 0 amide bonds. The summed E-state index contributed by atoms with van der Waals surface area (Å²) in [6, 6.07) is 0. The van der Waals surface area contributed by atoms with Crippen molar-refractivity contribution in [1.82, 2.24) is 10.3 Å². The van der Waals surface area contributed by atoms with E-state index in [0.29, 0.717) is 6.10 Å². The standard InChI is InChI=1S/C15H27N3OS/c1-15(2,3)13-12(9-16-4)20-14(17-13)18-8-6-7-11(10-18)19-5/h11,16H,6-10H2,1-5H3. The fourth-order valence-corrected chi connectivity index (χ4v) is 3.96. The second kappa shape index (κ2) is 6.41. The summed E-state index contributed by atoms with van der Waals surface area (Å²) in [5, 5.41) is 4.41. The van der Waals surface area contributed by atoms with Gasteiger partial charge in [0, 0.05) is 37.0 Å². The van der Waals surface area contributed by atoms with Gasteiger partial charge in [0.25, 0.3) is 0 Å². The van der Waals surface area contributed by atoms with Crippen LogP contribution in [0.15, 0.2) is 0 Å². The molecule has 0 saturated carbocycles. The van der Waals surface area contributed by atoms with Gasteiger partial charge < -0.3 is 15.0 Å². The van der Waals surface area contributed by atoms with Gasteiger partial charge in [-0.25, -0.2) is 4.98 Å². The lowest BCUT2D eigenvalue weighted by Gasteiger charge is -2.31. The number of rotatable bonds is 4. The maximum absolute atomic E-state index is 5.52. The molecule has 1 aliphatic rings. The quantitative estimate of drug-likeness (QED) is 0.927. The number of piperidine rings is 1. The molecular weight excluding hydrogens is 270 g/mol. The Morgan fingerprint density at radius 3 is 2.80 bits per heavy atom. The molecule has 1 saturated heterocycles. The summed E-state index contributed by atoms with van der Waals surface area (Å²) < 4.78 is 5.52. The highest BCUT2D eigenvalue weighted by Crippen LogP contribution is 2.35. The Balaban J connectivity index is 2.24. The van der Waals surface area contributed by atoms with Gasteiger partial charge in [0.15, 0.2) is 5.13 Å². The van der Waals surface area contributed by atoms with Crippen LogP contribution in [0.5, 0.6) is 0 Å². The number of nitrogens with one attached hydrogen (secondary N) is 1. The fourth-order valence-electron chi connectivity index (χ4n) is 2.65. The van der Waals surface area contributed by atoms with E-state index in [4.69, 9.17) is 9.72 Å². The van der Waals surface area contributed by atoms with Crippen molar-refractivity contribution >= 4 is 16.5 Å². The normalized spacial score (nSPS) is 20.4. The average molecular weight is 297 g/mol. The molecule has 1 unspecified atom stereocenters. The molecule has 4 nitrogen and oxygen atoms in total. The van der Waals surface area contributed by atoms with E-state index in [-0.39, 0.29) is 5.41 Å². The topological polar surface area (TPSA) is 37.4 Å². The zero-order valence-corrected chi connectivity index (χ0v) is 14.1. The first kappa shape index (κ1) is 15.7. The van der Waals surface area contributed by atoms with E-state index in [0.717, 1.165) is 31.2 Å². The van der Waals surface area contributed by atoms with E-state index >= 15 is 0 Å². The second-order valence-electron chi connectivity index (χ2n) is 6.49. The van der Waals surface area contributed by atoms with Crippen LogP contribution >= 0.6 is 11.3 Å². The highest BCUT2D eigenvalue weighted by molar-refractivity contribution is 7.15. The lowest BCUT2D eigenvalue weighted by molar-refractivity contribution is 0.0893. The summed E-state index contributed by atoms with van der Waals surface area (Å²) in [5.41, 5.74) is 1.32. The summed E-state index contributed by atoms with van der Waals surface area (Å²) >= 11 is 1.83. The van der Waals surface area contributed by atoms with Crippen LogP contribution < -0.4 is 10.2 Å². The maximum atomic E-state index is 5.52. The maximum Gasteiger partial charge on any atom is 0.185 e. The third kappa shape index (κ3) is 3.51. The predicted molar refractivity (Wildman–Crippen MR) is 85.8 cm³/mol. The van der Waals surface area contributed by atoms with Gasteiger partial charge in [-0.3, -0.25) is 0 Å². The molecule has 2 rings (SSSR count). The summed E-state index contributed by atoms with van der Waals surface area (Å²) in [4.78, 5) is 8.68. The van der Waals surface area contributed by atoms with E-state index in [2.05, 4.69) is 31.0 Å². The van der Waals surface area contributed by atoms with Crippen LogP contribution in [-0.4, -0.2) is 38.3 Å². The summed E-state index contributed by atoms with van der Waals surface area (Å²) in [5.74, 6) is 0. The van der Waals surface area contributed by atoms with Crippen molar-refractivity contribution in [3.05, 3.63) is 10.6 Å². The highest BCUT2D eigenvalue weighted by atomic mass is 32.1. The third-order valence-corrected chi connectivity index (χ3v) is 4.83. The fraction of sp³-hybridized carbons (Fsp3) is 0.800. The molecule has 0 aromatic carbocycles. The molecule has 114 valence electrons. The molecule has 1 aromatic rings. The van der Waals surface area contributed by atoms with Gasteiger partial charge in [0.1, 0.15) is 0 Å². The van der Waals surface area contributed by atoms with Gasteiger partial charge in [-0.2, -0.15) is 0 Å². The van der Waals surface area contributed by atoms with Crippen LogP contribution in [0.1, 0.15) is 44.2 Å². The number of anilines is 1. The van der Waals surface area contributed by atoms with Gasteiger partial charge in [0.05, 0.1) is 11.8 Å². The Morgan fingerprint density at radius 1 is 1.45 bits per heavy atom. The molecule has 0 spiro atoms. The third-order valence-electron chi connectivity index (χ3n) is 3.72. The largest absolute Gasteiger partial charge is 0.380 e. The van der Waals surface area contributed by atoms with Gasteiger partial charge in [-0.1, -0.05) is 20.8 Å². The number of thiazole rings is 1. The van der Waals surface area contributed by atoms with Crippen molar-refractivity contribution in [2.75, 3.05) is 32.1 Å². The summed E-state index contributed by atoms with van der Waals surface area (Å²) in [6.07, 6.45) is 2.69. The minimum absolute atomic E-state index is 0.0946. The van der Waals surface area contributed by atoms with E-state index in [9.17, 15) is 0 Å². The summed E-state index contributed by atoms with van der Waals surface area (Å²) in [7, 11) is 3.80. The van der Waals surface area contributed by atoms with Gasteiger partial charge in [-0.05, 0) is 19.9 Å². The van der Waals surface area contributed by atoms with Crippen molar-refractivity contribution in [2.24, 2.45) is 0 Å². The van der Waals surface area contributed by atoms with Crippen molar-refractivity contribution in [2.45, 2.75) is 51.7 Å². The first-order valence-electron chi connectivity index (χ1n) is 7.38. The van der Waals surface area contributed by atoms with Gasteiger partial charge in [0.2, 0.25) is 0 Å². The van der Waals surface area contributed by atoms with E-state index in [1.807, 2.05) is 25.5 Å². The Bertz CT molecular complexity index is 439. The number of ether oxygens (including phenoxy) is 1. The average Bonchev–Trinajstić information content (AvgIpc) is 2.83. The molecule has 1 aliphatic heterocycles. The number of aromatic nitrogens is 1. The zero-order chi connectivity index (χ0) is 14.8. The molecule has 0 aliphatic carbocycles. The highest BCUT2D eigenvalue weighted by Gasteiger charge is 2.27. The Hall–Kier alpha value is -0.650. The van der Waals surface area contributed by atoms with Gasteiger partial charge >= 0.3 is 0 Å². The molecular formula is C15H27N3OS. The van der Waals surface area contributed by atoms with Gasteiger partial charge in [-0.15, -0.1) is 11.3 Å². The summed E-state index contributed by atoms with van der Waals surface area (Å²) in [6.45, 7) is 9.66. The first-order chi connectivity index (χ1) is 9.45. The molecule has 2 heterocycles. The van der Waals surface area contributed by atoms with Crippen LogP contribution in [0.4, 0.5) is 5.13 Å². The number of nitrogens with zero attached hydrogens (tertiary/aromatic N) is 2. The number of hydrogen-bond acceptors (Lipinski definition) is 5. The molecule has 1 aromatic heterocycles. The lowest BCUT2D eigenvalue weighted by atomic mass is 9.91. The van der Waals surface area contributed by atoms with Crippen LogP contribution in [-0.2, 0) is 16.7 Å². The molecule has 1 atom stereocenters. The van der Waals surface area contributed by atoms with E-state index in [1.165, 1.54) is 17.0 Å². The van der Waals surface area contributed by atoms with Crippen LogP contribution in [0.2, 0.25) is 0 Å². The zero-order valence-electron chi connectivity index (χ0n) is 13.3. The minimum Gasteiger partial charge on any atom is -0.380 e. The lowest BCUT2D eigenvalue weighted by Crippen LogP contribution is -2.39. The van der Waals surface area contributed by atoms with Crippen LogP contribution in [0.25, 0.3) is 0 Å². The minimum atomic E-state index is 0.0946. The van der Waals surface area contributed by atoms with E-state index in [1.54, 1.807) is 0 Å². The van der Waals surface area contributed by atoms with Crippen molar-refractivity contribution < 1.29 is 4.74 Å². The van der Waals surface area contributed by atoms with Crippen LogP contribution in [0, 0.1) is 0 Å². The van der Waals surface area contributed by atoms with Crippen molar-refractivity contribution in [1.29, 1.82) is 0 Å². The molecule has 0 radical (unpaired) electrons. The Labute approximate surface area is 126 Å². The molecule has 1 N–H and O–H groups in total. The Kier molecular flexibility index (Phi) is 5.04. The van der Waals surface area contributed by atoms with Crippen molar-refractivity contribution in [3.8, 4) is 0 Å². The first-order valence-corrected chi connectivity index (χ1v) is 8.20. The smallest absolute Gasteiger partial charge is 0.185 e. The molecule has 1 fully saturated rings. The predicted octanol–water partition coefficient (Wildman–Crippen LogP) is 2.78. The van der Waals surface area contributed by atoms with E-state index < -0.39 is 0 Å². The number of methoxy groups -OCH3 is 1. The van der Waals surface area contributed by atoms with Crippen LogP contribution in [0.3, 0.4) is 0 Å². The van der Waals surface area contributed by atoms with Crippen molar-refractivity contribution in [3.63, 3.8) is 0 Å².